The van der Waals surface area contributed by atoms with Crippen molar-refractivity contribution in [2.45, 2.75) is 26.3 Å². The summed E-state index contributed by atoms with van der Waals surface area (Å²) in [6.45, 7) is 7.06. The SMILES string of the molecule is CCC(C)N1CCN(c2ccc(C(=O)O)c(F)c2F)CC1. The fourth-order valence-electron chi connectivity index (χ4n) is 2.61. The topological polar surface area (TPSA) is 43.8 Å². The molecule has 1 heterocycles. The maximum atomic E-state index is 14.0. The number of carboxylic acids is 1. The molecule has 1 N–H and O–H groups in total. The second kappa shape index (κ2) is 6.39. The van der Waals surface area contributed by atoms with Crippen molar-refractivity contribution in [1.82, 2.24) is 4.90 Å². The molecule has 1 aliphatic heterocycles. The first-order valence-electron chi connectivity index (χ1n) is 7.16. The van der Waals surface area contributed by atoms with E-state index in [0.717, 1.165) is 25.6 Å². The number of hydrogen-bond donors (Lipinski definition) is 1. The smallest absolute Gasteiger partial charge is 0.338 e. The average molecular weight is 298 g/mol. The van der Waals surface area contributed by atoms with Gasteiger partial charge in [-0.15, -0.1) is 0 Å². The first-order valence-corrected chi connectivity index (χ1v) is 7.16. The molecule has 1 unspecified atom stereocenters. The summed E-state index contributed by atoms with van der Waals surface area (Å²) in [5, 5.41) is 8.79. The summed E-state index contributed by atoms with van der Waals surface area (Å²) in [5.41, 5.74) is -0.490. The molecule has 116 valence electrons. The molecule has 1 aromatic rings. The van der Waals surface area contributed by atoms with Gasteiger partial charge in [0.2, 0.25) is 0 Å². The summed E-state index contributed by atoms with van der Waals surface area (Å²) in [5.74, 6) is -3.82. The van der Waals surface area contributed by atoms with E-state index in [2.05, 4.69) is 18.7 Å². The van der Waals surface area contributed by atoms with Crippen LogP contribution in [0.1, 0.15) is 30.6 Å². The van der Waals surface area contributed by atoms with Crippen molar-refractivity contribution in [3.8, 4) is 0 Å². The van der Waals surface area contributed by atoms with Gasteiger partial charge in [-0.1, -0.05) is 6.92 Å². The molecule has 6 heteroatoms. The van der Waals surface area contributed by atoms with Crippen LogP contribution in [0.25, 0.3) is 0 Å². The Labute approximate surface area is 123 Å². The molecule has 0 radical (unpaired) electrons. The molecule has 0 bridgehead atoms. The van der Waals surface area contributed by atoms with Crippen LogP contribution in [0.3, 0.4) is 0 Å². The van der Waals surface area contributed by atoms with Crippen LogP contribution in [0.5, 0.6) is 0 Å². The Morgan fingerprint density at radius 1 is 1.24 bits per heavy atom. The zero-order valence-corrected chi connectivity index (χ0v) is 12.3. The van der Waals surface area contributed by atoms with Crippen molar-refractivity contribution < 1.29 is 18.7 Å². The van der Waals surface area contributed by atoms with Crippen LogP contribution in [-0.2, 0) is 0 Å². The summed E-state index contributed by atoms with van der Waals surface area (Å²) in [4.78, 5) is 14.9. The Bertz CT molecular complexity index is 529. The van der Waals surface area contributed by atoms with E-state index in [1.54, 1.807) is 4.90 Å². The number of aromatic carboxylic acids is 1. The maximum absolute atomic E-state index is 14.0. The van der Waals surface area contributed by atoms with Crippen molar-refractivity contribution >= 4 is 11.7 Å². The van der Waals surface area contributed by atoms with Crippen molar-refractivity contribution in [2.24, 2.45) is 0 Å². The third kappa shape index (κ3) is 3.15. The van der Waals surface area contributed by atoms with Gasteiger partial charge in [0.25, 0.3) is 0 Å². The highest BCUT2D eigenvalue weighted by Crippen LogP contribution is 2.25. The molecule has 1 aromatic carbocycles. The molecular weight excluding hydrogens is 278 g/mol. The van der Waals surface area contributed by atoms with E-state index in [0.29, 0.717) is 19.1 Å². The molecule has 1 fully saturated rings. The molecular formula is C15H20F2N2O2. The van der Waals surface area contributed by atoms with Gasteiger partial charge in [0.15, 0.2) is 11.6 Å². The zero-order chi connectivity index (χ0) is 15.6. The number of benzene rings is 1. The number of hydrogen-bond acceptors (Lipinski definition) is 3. The van der Waals surface area contributed by atoms with Gasteiger partial charge in [-0.05, 0) is 25.5 Å². The van der Waals surface area contributed by atoms with Gasteiger partial charge in [-0.25, -0.2) is 13.6 Å². The average Bonchev–Trinajstić information content (AvgIpc) is 2.49. The Kier molecular flexibility index (Phi) is 4.77. The van der Waals surface area contributed by atoms with Crippen molar-refractivity contribution in [1.29, 1.82) is 0 Å². The van der Waals surface area contributed by atoms with Gasteiger partial charge in [0, 0.05) is 32.2 Å². The molecule has 1 saturated heterocycles. The standard InChI is InChI=1S/C15H20F2N2O2/c1-3-10(2)18-6-8-19(9-7-18)12-5-4-11(15(20)21)13(16)14(12)17/h4-5,10H,3,6-9H2,1-2H3,(H,20,21). The van der Waals surface area contributed by atoms with Crippen LogP contribution >= 0.6 is 0 Å². The molecule has 21 heavy (non-hydrogen) atoms. The number of carboxylic acid groups (broad SMARTS) is 1. The number of rotatable bonds is 4. The second-order valence-electron chi connectivity index (χ2n) is 5.35. The van der Waals surface area contributed by atoms with Gasteiger partial charge in [-0.2, -0.15) is 0 Å². The predicted molar refractivity (Wildman–Crippen MR) is 76.9 cm³/mol. The number of halogens is 2. The Balaban J connectivity index is 2.14. The maximum Gasteiger partial charge on any atom is 0.338 e. The second-order valence-corrected chi connectivity index (χ2v) is 5.35. The number of anilines is 1. The summed E-state index contributed by atoms with van der Waals surface area (Å²) in [6, 6.07) is 2.95. The van der Waals surface area contributed by atoms with Crippen molar-refractivity contribution in [3.05, 3.63) is 29.3 Å². The third-order valence-corrected chi connectivity index (χ3v) is 4.16. The Hall–Kier alpha value is -1.69. The molecule has 4 nitrogen and oxygen atoms in total. The van der Waals surface area contributed by atoms with Crippen LogP contribution in [-0.4, -0.2) is 48.2 Å². The number of piperazine rings is 1. The molecule has 0 saturated carbocycles. The molecule has 0 spiro atoms. The van der Waals surface area contributed by atoms with E-state index in [1.807, 2.05) is 0 Å². The van der Waals surface area contributed by atoms with Gasteiger partial charge in [-0.3, -0.25) is 4.90 Å². The van der Waals surface area contributed by atoms with Crippen LogP contribution < -0.4 is 4.90 Å². The summed E-state index contributed by atoms with van der Waals surface area (Å²) in [6.07, 6.45) is 1.05. The highest BCUT2D eigenvalue weighted by molar-refractivity contribution is 5.88. The normalized spacial score (nSPS) is 17.8. The fourth-order valence-corrected chi connectivity index (χ4v) is 2.61. The minimum Gasteiger partial charge on any atom is -0.478 e. The lowest BCUT2D eigenvalue weighted by atomic mass is 10.1. The Morgan fingerprint density at radius 2 is 1.86 bits per heavy atom. The molecule has 1 aliphatic rings. The Morgan fingerprint density at radius 3 is 2.38 bits per heavy atom. The minimum absolute atomic E-state index is 0.140. The lowest BCUT2D eigenvalue weighted by Gasteiger charge is -2.39. The number of carbonyl (C=O) groups is 1. The molecule has 1 atom stereocenters. The summed E-state index contributed by atoms with van der Waals surface area (Å²) >= 11 is 0. The highest BCUT2D eigenvalue weighted by atomic mass is 19.2. The van der Waals surface area contributed by atoms with Crippen molar-refractivity contribution in [3.63, 3.8) is 0 Å². The third-order valence-electron chi connectivity index (χ3n) is 4.16. The van der Waals surface area contributed by atoms with Crippen LogP contribution in [0.2, 0.25) is 0 Å². The monoisotopic (exact) mass is 298 g/mol. The molecule has 0 aromatic heterocycles. The van der Waals surface area contributed by atoms with E-state index >= 15 is 0 Å². The van der Waals surface area contributed by atoms with Crippen LogP contribution in [0.4, 0.5) is 14.5 Å². The summed E-state index contributed by atoms with van der Waals surface area (Å²) < 4.78 is 27.8. The van der Waals surface area contributed by atoms with Crippen molar-refractivity contribution in [2.75, 3.05) is 31.1 Å². The predicted octanol–water partition coefficient (Wildman–Crippen LogP) is 2.58. The van der Waals surface area contributed by atoms with Crippen LogP contribution in [0, 0.1) is 11.6 Å². The van der Waals surface area contributed by atoms with Gasteiger partial charge < -0.3 is 10.0 Å². The minimum atomic E-state index is -1.46. The van der Waals surface area contributed by atoms with Gasteiger partial charge in [0.1, 0.15) is 0 Å². The van der Waals surface area contributed by atoms with E-state index in [1.165, 1.54) is 6.07 Å². The quantitative estimate of drug-likeness (QED) is 0.928. The van der Waals surface area contributed by atoms with Gasteiger partial charge in [0.05, 0.1) is 11.3 Å². The highest BCUT2D eigenvalue weighted by Gasteiger charge is 2.25. The van der Waals surface area contributed by atoms with Gasteiger partial charge >= 0.3 is 5.97 Å². The number of nitrogens with zero attached hydrogens (tertiary/aromatic N) is 2. The van der Waals surface area contributed by atoms with E-state index in [9.17, 15) is 13.6 Å². The lowest BCUT2D eigenvalue weighted by Crippen LogP contribution is -2.49. The summed E-state index contributed by atoms with van der Waals surface area (Å²) in [7, 11) is 0. The van der Waals surface area contributed by atoms with Crippen LogP contribution in [0.15, 0.2) is 12.1 Å². The first kappa shape index (κ1) is 15.7. The zero-order valence-electron chi connectivity index (χ0n) is 12.3. The van der Waals surface area contributed by atoms with E-state index in [4.69, 9.17) is 5.11 Å². The lowest BCUT2D eigenvalue weighted by molar-refractivity contribution is 0.0690. The van der Waals surface area contributed by atoms with E-state index in [-0.39, 0.29) is 5.69 Å². The molecule has 0 aliphatic carbocycles. The molecule has 2 rings (SSSR count). The first-order chi connectivity index (χ1) is 9.95. The largest absolute Gasteiger partial charge is 0.478 e. The van der Waals surface area contributed by atoms with E-state index < -0.39 is 23.2 Å². The fraction of sp³-hybridized carbons (Fsp3) is 0.533. The molecule has 0 amide bonds.